The standard InChI is InChI=1S/C16H20N2O2/c1-11-15-14-8-7-13(10-18(15)16(19)20-11)17(14)9-12-5-3-2-4-6-12/h2-6,11,13-15H,7-10H2,1H3/t11-,13-,14+,15+/m0/s1. The molecule has 0 aliphatic carbocycles. The average molecular weight is 272 g/mol. The first kappa shape index (κ1) is 12.2. The number of carbonyl (C=O) groups is 1. The summed E-state index contributed by atoms with van der Waals surface area (Å²) < 4.78 is 5.42. The Kier molecular flexibility index (Phi) is 2.74. The largest absolute Gasteiger partial charge is 0.444 e. The molecule has 1 aromatic carbocycles. The fourth-order valence-electron chi connectivity index (χ4n) is 4.18. The molecule has 3 saturated heterocycles. The fraction of sp³-hybridized carbons (Fsp3) is 0.562. The smallest absolute Gasteiger partial charge is 0.410 e. The van der Waals surface area contributed by atoms with Crippen molar-refractivity contribution in [2.45, 2.75) is 50.5 Å². The van der Waals surface area contributed by atoms with E-state index in [1.807, 2.05) is 11.8 Å². The van der Waals surface area contributed by atoms with Gasteiger partial charge in [0, 0.05) is 25.2 Å². The lowest BCUT2D eigenvalue weighted by Gasteiger charge is -2.43. The van der Waals surface area contributed by atoms with Gasteiger partial charge in [0.1, 0.15) is 6.10 Å². The highest BCUT2D eigenvalue weighted by Crippen LogP contribution is 2.40. The second kappa shape index (κ2) is 4.48. The van der Waals surface area contributed by atoms with Gasteiger partial charge in [-0.15, -0.1) is 0 Å². The molecule has 1 amide bonds. The molecule has 0 radical (unpaired) electrons. The second-order valence-electron chi connectivity index (χ2n) is 6.19. The molecule has 106 valence electrons. The number of hydrogen-bond donors (Lipinski definition) is 0. The van der Waals surface area contributed by atoms with Crippen molar-refractivity contribution in [2.24, 2.45) is 0 Å². The lowest BCUT2D eigenvalue weighted by molar-refractivity contribution is 0.0395. The molecule has 3 aliphatic heterocycles. The van der Waals surface area contributed by atoms with Gasteiger partial charge in [-0.2, -0.15) is 0 Å². The number of rotatable bonds is 2. The Morgan fingerprint density at radius 3 is 2.85 bits per heavy atom. The van der Waals surface area contributed by atoms with Crippen LogP contribution in [0.25, 0.3) is 0 Å². The molecular weight excluding hydrogens is 252 g/mol. The maximum absolute atomic E-state index is 11.9. The van der Waals surface area contributed by atoms with E-state index in [2.05, 4.69) is 35.2 Å². The van der Waals surface area contributed by atoms with E-state index in [9.17, 15) is 4.79 Å². The van der Waals surface area contributed by atoms with Gasteiger partial charge in [0.05, 0.1) is 6.04 Å². The predicted molar refractivity (Wildman–Crippen MR) is 75.2 cm³/mol. The van der Waals surface area contributed by atoms with E-state index < -0.39 is 0 Å². The molecule has 0 aromatic heterocycles. The number of ether oxygens (including phenoxy) is 1. The van der Waals surface area contributed by atoms with E-state index in [0.29, 0.717) is 12.1 Å². The van der Waals surface area contributed by atoms with Gasteiger partial charge in [-0.25, -0.2) is 4.79 Å². The summed E-state index contributed by atoms with van der Waals surface area (Å²) in [5.41, 5.74) is 1.36. The van der Waals surface area contributed by atoms with Crippen LogP contribution in [0.15, 0.2) is 30.3 Å². The molecule has 4 atom stereocenters. The van der Waals surface area contributed by atoms with Crippen LogP contribution < -0.4 is 0 Å². The summed E-state index contributed by atoms with van der Waals surface area (Å²) in [6.45, 7) is 3.85. The van der Waals surface area contributed by atoms with Crippen molar-refractivity contribution in [3.63, 3.8) is 0 Å². The lowest BCUT2D eigenvalue weighted by atomic mass is 9.99. The maximum Gasteiger partial charge on any atom is 0.410 e. The normalized spacial score (nSPS) is 36.0. The quantitative estimate of drug-likeness (QED) is 0.827. The topological polar surface area (TPSA) is 32.8 Å². The maximum atomic E-state index is 11.9. The monoisotopic (exact) mass is 272 g/mol. The summed E-state index contributed by atoms with van der Waals surface area (Å²) in [6.07, 6.45) is 2.29. The Morgan fingerprint density at radius 1 is 1.25 bits per heavy atom. The first-order valence-corrected chi connectivity index (χ1v) is 7.51. The first-order valence-electron chi connectivity index (χ1n) is 7.51. The second-order valence-corrected chi connectivity index (χ2v) is 6.19. The van der Waals surface area contributed by atoms with E-state index in [4.69, 9.17) is 4.74 Å². The molecule has 4 heteroatoms. The van der Waals surface area contributed by atoms with Gasteiger partial charge in [-0.1, -0.05) is 30.3 Å². The average Bonchev–Trinajstić information content (AvgIpc) is 2.87. The molecule has 3 fully saturated rings. The zero-order valence-electron chi connectivity index (χ0n) is 11.7. The van der Waals surface area contributed by atoms with Crippen molar-refractivity contribution in [1.82, 2.24) is 9.80 Å². The number of piperazine rings is 1. The van der Waals surface area contributed by atoms with E-state index in [1.165, 1.54) is 18.4 Å². The molecule has 0 unspecified atom stereocenters. The number of amides is 1. The van der Waals surface area contributed by atoms with Crippen LogP contribution in [0.2, 0.25) is 0 Å². The molecule has 0 saturated carbocycles. The summed E-state index contributed by atoms with van der Waals surface area (Å²) in [4.78, 5) is 16.4. The Bertz CT molecular complexity index is 518. The van der Waals surface area contributed by atoms with Gasteiger partial charge >= 0.3 is 6.09 Å². The minimum atomic E-state index is -0.112. The summed E-state index contributed by atoms with van der Waals surface area (Å²) >= 11 is 0. The van der Waals surface area contributed by atoms with Crippen LogP contribution in [0.3, 0.4) is 0 Å². The Morgan fingerprint density at radius 2 is 2.05 bits per heavy atom. The van der Waals surface area contributed by atoms with Crippen molar-refractivity contribution in [3.8, 4) is 0 Å². The Balaban J connectivity index is 1.59. The minimum absolute atomic E-state index is 0.0184. The van der Waals surface area contributed by atoms with Gasteiger partial charge in [0.15, 0.2) is 0 Å². The highest BCUT2D eigenvalue weighted by molar-refractivity contribution is 5.71. The molecular formula is C16H20N2O2. The molecule has 0 spiro atoms. The minimum Gasteiger partial charge on any atom is -0.444 e. The van der Waals surface area contributed by atoms with E-state index in [1.54, 1.807) is 0 Å². The van der Waals surface area contributed by atoms with E-state index in [-0.39, 0.29) is 18.2 Å². The van der Waals surface area contributed by atoms with Crippen LogP contribution in [-0.4, -0.2) is 46.7 Å². The van der Waals surface area contributed by atoms with Crippen LogP contribution >= 0.6 is 0 Å². The van der Waals surface area contributed by atoms with Crippen LogP contribution in [0.1, 0.15) is 25.3 Å². The summed E-state index contributed by atoms with van der Waals surface area (Å²) in [5, 5.41) is 0. The zero-order valence-corrected chi connectivity index (χ0v) is 11.7. The number of hydrogen-bond acceptors (Lipinski definition) is 3. The lowest BCUT2D eigenvalue weighted by Crippen LogP contribution is -2.59. The number of benzene rings is 1. The predicted octanol–water partition coefficient (Wildman–Crippen LogP) is 2.24. The van der Waals surface area contributed by atoms with Crippen molar-refractivity contribution in [1.29, 1.82) is 0 Å². The summed E-state index contributed by atoms with van der Waals surface area (Å²) in [6, 6.07) is 11.8. The zero-order chi connectivity index (χ0) is 13.7. The van der Waals surface area contributed by atoms with Crippen molar-refractivity contribution >= 4 is 6.09 Å². The van der Waals surface area contributed by atoms with Crippen molar-refractivity contribution in [2.75, 3.05) is 6.54 Å². The number of carbonyl (C=O) groups excluding carboxylic acids is 1. The SMILES string of the molecule is C[C@@H]1OC(=O)N2C[C@@H]3CC[C@H]([C@@H]12)N3Cc1ccccc1. The van der Waals surface area contributed by atoms with Gasteiger partial charge in [-0.05, 0) is 25.3 Å². The molecule has 20 heavy (non-hydrogen) atoms. The van der Waals surface area contributed by atoms with Gasteiger partial charge in [-0.3, -0.25) is 9.80 Å². The van der Waals surface area contributed by atoms with Crippen molar-refractivity contribution in [3.05, 3.63) is 35.9 Å². The van der Waals surface area contributed by atoms with Crippen LogP contribution in [0.5, 0.6) is 0 Å². The highest BCUT2D eigenvalue weighted by atomic mass is 16.6. The number of nitrogens with zero attached hydrogens (tertiary/aromatic N) is 2. The molecule has 3 heterocycles. The third kappa shape index (κ3) is 1.74. The van der Waals surface area contributed by atoms with E-state index >= 15 is 0 Å². The molecule has 1 aromatic rings. The van der Waals surface area contributed by atoms with Crippen LogP contribution in [0, 0.1) is 0 Å². The van der Waals surface area contributed by atoms with Crippen LogP contribution in [-0.2, 0) is 11.3 Å². The Labute approximate surface area is 119 Å². The summed E-state index contributed by atoms with van der Waals surface area (Å²) in [7, 11) is 0. The molecule has 0 N–H and O–H groups in total. The fourth-order valence-corrected chi connectivity index (χ4v) is 4.18. The molecule has 2 bridgehead atoms. The molecule has 4 nitrogen and oxygen atoms in total. The molecule has 3 aliphatic rings. The highest BCUT2D eigenvalue weighted by Gasteiger charge is 2.54. The van der Waals surface area contributed by atoms with Gasteiger partial charge in [0.2, 0.25) is 0 Å². The van der Waals surface area contributed by atoms with Crippen LogP contribution in [0.4, 0.5) is 4.79 Å². The first-order chi connectivity index (χ1) is 9.74. The molecule has 4 rings (SSSR count). The third-order valence-corrected chi connectivity index (χ3v) is 5.06. The van der Waals surface area contributed by atoms with E-state index in [0.717, 1.165) is 13.1 Å². The number of cyclic esters (lactones) is 1. The number of fused-ring (bicyclic) bond motifs is 4. The van der Waals surface area contributed by atoms with Crippen molar-refractivity contribution < 1.29 is 9.53 Å². The Hall–Kier alpha value is -1.55. The third-order valence-electron chi connectivity index (χ3n) is 5.06. The summed E-state index contributed by atoms with van der Waals surface area (Å²) in [5.74, 6) is 0. The van der Waals surface area contributed by atoms with Gasteiger partial charge < -0.3 is 4.74 Å². The van der Waals surface area contributed by atoms with Gasteiger partial charge in [0.25, 0.3) is 0 Å².